The first kappa shape index (κ1) is 31.0. The van der Waals surface area contributed by atoms with E-state index in [-0.39, 0.29) is 41.6 Å². The molecule has 1 N–H and O–H groups in total. The first-order valence-electron chi connectivity index (χ1n) is 14.3. The molecule has 2 amide bonds. The number of nitrogens with zero attached hydrogens (tertiary/aromatic N) is 5. The monoisotopic (exact) mass is 618 g/mol. The lowest BCUT2D eigenvalue weighted by Crippen LogP contribution is -2.44. The third-order valence-corrected chi connectivity index (χ3v) is 9.46. The lowest BCUT2D eigenvalue weighted by molar-refractivity contribution is -0.122. The van der Waals surface area contributed by atoms with E-state index in [2.05, 4.69) is 36.2 Å². The molecule has 10 nitrogen and oxygen atoms in total. The molecule has 0 radical (unpaired) electrons. The molecular weight excluding hydrogens is 583 g/mol. The van der Waals surface area contributed by atoms with Crippen molar-refractivity contribution in [1.82, 2.24) is 24.4 Å². The average molecular weight is 619 g/mol. The standard InChI is InChI=1S/C32H35FN6O4S/c1-32(2,3)24-10-12-26(13-11-24)39(31(41)27-20-28-38(36-27)18-17-37(4)44(28,42)43)29(23-8-6-15-34-21-23)30(40)35-16-14-22-7-5-9-25(33)19-22/h5-13,15,19-21,29H,14,16-18H2,1-4H3,(H,35,40). The molecule has 0 fully saturated rings. The Morgan fingerprint density at radius 1 is 1.05 bits per heavy atom. The van der Waals surface area contributed by atoms with Gasteiger partial charge in [0.1, 0.15) is 11.9 Å². The Kier molecular flexibility index (Phi) is 8.66. The Morgan fingerprint density at radius 2 is 1.80 bits per heavy atom. The molecule has 2 aromatic carbocycles. The summed E-state index contributed by atoms with van der Waals surface area (Å²) in [6.07, 6.45) is 3.45. The van der Waals surface area contributed by atoms with Gasteiger partial charge in [-0.05, 0) is 53.3 Å². The minimum atomic E-state index is -3.83. The minimum absolute atomic E-state index is 0.0879. The van der Waals surface area contributed by atoms with Crippen LogP contribution in [0.15, 0.2) is 84.1 Å². The summed E-state index contributed by atoms with van der Waals surface area (Å²) in [5, 5.41) is 7.18. The second-order valence-corrected chi connectivity index (χ2v) is 13.7. The molecule has 1 aliphatic rings. The number of halogens is 1. The molecule has 44 heavy (non-hydrogen) atoms. The maximum Gasteiger partial charge on any atom is 0.279 e. The first-order chi connectivity index (χ1) is 20.9. The van der Waals surface area contributed by atoms with Crippen LogP contribution in [0.1, 0.15) is 54.0 Å². The van der Waals surface area contributed by atoms with Gasteiger partial charge in [0.2, 0.25) is 5.91 Å². The molecular formula is C32H35FN6O4S. The summed E-state index contributed by atoms with van der Waals surface area (Å²) >= 11 is 0. The van der Waals surface area contributed by atoms with Gasteiger partial charge < -0.3 is 5.32 Å². The van der Waals surface area contributed by atoms with E-state index >= 15 is 0 Å². The molecule has 230 valence electrons. The zero-order valence-electron chi connectivity index (χ0n) is 25.1. The van der Waals surface area contributed by atoms with E-state index in [1.165, 1.54) is 45.3 Å². The van der Waals surface area contributed by atoms with Gasteiger partial charge in [0, 0.05) is 49.8 Å². The number of amides is 2. The topological polar surface area (TPSA) is 118 Å². The third-order valence-electron chi connectivity index (χ3n) is 7.60. The van der Waals surface area contributed by atoms with Crippen LogP contribution in [0, 0.1) is 5.82 Å². The van der Waals surface area contributed by atoms with Crippen molar-refractivity contribution in [2.75, 3.05) is 25.0 Å². The Balaban J connectivity index is 1.56. The van der Waals surface area contributed by atoms with Crippen molar-refractivity contribution in [3.05, 3.63) is 107 Å². The zero-order valence-corrected chi connectivity index (χ0v) is 25.9. The van der Waals surface area contributed by atoms with Crippen LogP contribution in [0.25, 0.3) is 0 Å². The summed E-state index contributed by atoms with van der Waals surface area (Å²) in [5.41, 5.74) is 2.33. The van der Waals surface area contributed by atoms with E-state index in [0.717, 1.165) is 5.56 Å². The molecule has 1 atom stereocenters. The van der Waals surface area contributed by atoms with E-state index in [1.54, 1.807) is 42.6 Å². The SMILES string of the molecule is CN1CCn2nc(C(=O)N(c3ccc(C(C)(C)C)cc3)C(C(=O)NCCc3cccc(F)c3)c3cccnc3)cc2S1(=O)=O. The van der Waals surface area contributed by atoms with Gasteiger partial charge in [0.25, 0.3) is 15.9 Å². The van der Waals surface area contributed by atoms with Gasteiger partial charge in [-0.15, -0.1) is 0 Å². The molecule has 0 spiro atoms. The van der Waals surface area contributed by atoms with Crippen LogP contribution in [0.3, 0.4) is 0 Å². The van der Waals surface area contributed by atoms with E-state index < -0.39 is 27.9 Å². The number of likely N-dealkylation sites (N-methyl/N-ethyl adjacent to an activating group) is 1. The van der Waals surface area contributed by atoms with Crippen LogP contribution < -0.4 is 10.2 Å². The number of rotatable bonds is 8. The number of pyridine rings is 1. The van der Waals surface area contributed by atoms with Crippen LogP contribution in [-0.2, 0) is 33.2 Å². The van der Waals surface area contributed by atoms with Gasteiger partial charge in [0.15, 0.2) is 10.7 Å². The third kappa shape index (κ3) is 6.41. The Labute approximate surface area is 256 Å². The molecule has 0 saturated heterocycles. The van der Waals surface area contributed by atoms with Crippen molar-refractivity contribution in [2.24, 2.45) is 0 Å². The maximum absolute atomic E-state index is 14.4. The van der Waals surface area contributed by atoms with E-state index in [9.17, 15) is 22.4 Å². The van der Waals surface area contributed by atoms with Crippen LogP contribution in [0.5, 0.6) is 0 Å². The largest absolute Gasteiger partial charge is 0.354 e. The summed E-state index contributed by atoms with van der Waals surface area (Å²) in [6.45, 7) is 6.90. The summed E-state index contributed by atoms with van der Waals surface area (Å²) in [4.78, 5) is 33.9. The number of sulfonamides is 1. The number of nitrogens with one attached hydrogen (secondary N) is 1. The molecule has 2 aromatic heterocycles. The predicted octanol–water partition coefficient (Wildman–Crippen LogP) is 4.10. The van der Waals surface area contributed by atoms with E-state index in [1.807, 2.05) is 12.1 Å². The van der Waals surface area contributed by atoms with E-state index in [0.29, 0.717) is 23.2 Å². The van der Waals surface area contributed by atoms with Gasteiger partial charge in [0.05, 0.1) is 6.54 Å². The number of fused-ring (bicyclic) bond motifs is 1. The fourth-order valence-electron chi connectivity index (χ4n) is 5.09. The lowest BCUT2D eigenvalue weighted by atomic mass is 9.87. The minimum Gasteiger partial charge on any atom is -0.354 e. The molecule has 5 rings (SSSR count). The highest BCUT2D eigenvalue weighted by molar-refractivity contribution is 7.89. The molecule has 0 saturated carbocycles. The smallest absolute Gasteiger partial charge is 0.279 e. The van der Waals surface area contributed by atoms with Crippen LogP contribution in [0.2, 0.25) is 0 Å². The highest BCUT2D eigenvalue weighted by Gasteiger charge is 2.37. The second kappa shape index (κ2) is 12.3. The number of hydrogen-bond donors (Lipinski definition) is 1. The highest BCUT2D eigenvalue weighted by Crippen LogP contribution is 2.32. The van der Waals surface area contributed by atoms with Crippen molar-refractivity contribution < 1.29 is 22.4 Å². The van der Waals surface area contributed by atoms with Gasteiger partial charge in [-0.2, -0.15) is 9.40 Å². The molecule has 12 heteroatoms. The molecule has 1 unspecified atom stereocenters. The number of carbonyl (C=O) groups excluding carboxylic acids is 2. The van der Waals surface area contributed by atoms with Crippen molar-refractivity contribution in [3.8, 4) is 0 Å². The van der Waals surface area contributed by atoms with Crippen molar-refractivity contribution >= 4 is 27.5 Å². The number of carbonyl (C=O) groups is 2. The van der Waals surface area contributed by atoms with Crippen molar-refractivity contribution in [1.29, 1.82) is 0 Å². The predicted molar refractivity (Wildman–Crippen MR) is 164 cm³/mol. The Hall–Kier alpha value is -4.42. The zero-order chi connectivity index (χ0) is 31.6. The quantitative estimate of drug-likeness (QED) is 0.318. The number of aromatic nitrogens is 3. The van der Waals surface area contributed by atoms with Gasteiger partial charge in [-0.3, -0.25) is 24.2 Å². The summed E-state index contributed by atoms with van der Waals surface area (Å²) in [6, 6.07) is 16.9. The fourth-order valence-corrected chi connectivity index (χ4v) is 6.39. The molecule has 1 aliphatic heterocycles. The van der Waals surface area contributed by atoms with Crippen molar-refractivity contribution in [2.45, 2.75) is 50.2 Å². The number of hydrogen-bond acceptors (Lipinski definition) is 6. The summed E-state index contributed by atoms with van der Waals surface area (Å²) < 4.78 is 42.2. The summed E-state index contributed by atoms with van der Waals surface area (Å²) in [5.74, 6) is -1.50. The van der Waals surface area contributed by atoms with Crippen LogP contribution >= 0.6 is 0 Å². The van der Waals surface area contributed by atoms with E-state index in [4.69, 9.17) is 0 Å². The maximum atomic E-state index is 14.4. The fraction of sp³-hybridized carbons (Fsp3) is 0.312. The van der Waals surface area contributed by atoms with Gasteiger partial charge in [-0.25, -0.2) is 12.8 Å². The Bertz CT molecular complexity index is 1770. The molecule has 0 bridgehead atoms. The number of anilines is 1. The lowest BCUT2D eigenvalue weighted by Gasteiger charge is -2.31. The highest BCUT2D eigenvalue weighted by atomic mass is 32.2. The summed E-state index contributed by atoms with van der Waals surface area (Å²) in [7, 11) is -2.35. The number of benzene rings is 2. The van der Waals surface area contributed by atoms with Crippen LogP contribution in [0.4, 0.5) is 10.1 Å². The first-order valence-corrected chi connectivity index (χ1v) is 15.7. The molecule has 4 aromatic rings. The molecule has 0 aliphatic carbocycles. The normalized spacial score (nSPS) is 15.3. The average Bonchev–Trinajstić information content (AvgIpc) is 3.44. The Morgan fingerprint density at radius 3 is 2.45 bits per heavy atom. The van der Waals surface area contributed by atoms with Crippen LogP contribution in [-0.4, -0.2) is 59.4 Å². The van der Waals surface area contributed by atoms with Gasteiger partial charge >= 0.3 is 0 Å². The van der Waals surface area contributed by atoms with Crippen molar-refractivity contribution in [3.63, 3.8) is 0 Å². The molecule has 3 heterocycles. The second-order valence-electron chi connectivity index (χ2n) is 11.7. The van der Waals surface area contributed by atoms with Gasteiger partial charge in [-0.1, -0.05) is 51.1 Å².